The minimum atomic E-state index is -0.525. The molecule has 13 heavy (non-hydrogen) atoms. The monoisotopic (exact) mass is 178 g/mol. The fraction of sp³-hybridized carbons (Fsp3) is 0.600. The lowest BCUT2D eigenvalue weighted by atomic mass is 10.1. The van der Waals surface area contributed by atoms with Crippen LogP contribution in [0.1, 0.15) is 26.2 Å². The van der Waals surface area contributed by atoms with E-state index in [4.69, 9.17) is 11.7 Å². The minimum absolute atomic E-state index is 0.209. The molecule has 0 spiro atoms. The van der Waals surface area contributed by atoms with Crippen LogP contribution in [-0.4, -0.2) is 12.5 Å². The highest BCUT2D eigenvalue weighted by molar-refractivity contribution is 5.80. The van der Waals surface area contributed by atoms with Crippen molar-refractivity contribution < 1.29 is 4.79 Å². The summed E-state index contributed by atoms with van der Waals surface area (Å²) in [5, 5.41) is 11.2. The van der Waals surface area contributed by atoms with Crippen LogP contribution >= 0.6 is 0 Å². The molecule has 0 fully saturated rings. The summed E-state index contributed by atoms with van der Waals surface area (Å²) < 4.78 is 0. The average molecular weight is 178 g/mol. The highest BCUT2D eigenvalue weighted by Gasteiger charge is 2.15. The molecule has 0 radical (unpaired) electrons. The Morgan fingerprint density at radius 3 is 2.85 bits per heavy atom. The maximum atomic E-state index is 11.2. The molecule has 70 valence electrons. The first-order valence-electron chi connectivity index (χ1n) is 4.37. The molecule has 0 saturated heterocycles. The molecule has 1 amide bonds. The molecule has 0 aliphatic carbocycles. The van der Waals surface area contributed by atoms with Crippen molar-refractivity contribution in [3.05, 3.63) is 0 Å². The zero-order chi connectivity index (χ0) is 10.1. The Labute approximate surface area is 79.1 Å². The summed E-state index contributed by atoms with van der Waals surface area (Å²) in [6.07, 6.45) is 6.97. The van der Waals surface area contributed by atoms with Gasteiger partial charge in [-0.25, -0.2) is 0 Å². The number of hydrogen-bond donors (Lipinski definition) is 1. The maximum absolute atomic E-state index is 11.2. The molecule has 0 aromatic heterocycles. The molecule has 0 aliphatic heterocycles. The largest absolute Gasteiger partial charge is 0.354 e. The zero-order valence-electron chi connectivity index (χ0n) is 7.84. The first-order valence-corrected chi connectivity index (χ1v) is 4.37. The van der Waals surface area contributed by atoms with Gasteiger partial charge in [0.15, 0.2) is 0 Å². The quantitative estimate of drug-likeness (QED) is 0.505. The lowest BCUT2D eigenvalue weighted by molar-refractivity contribution is -0.123. The molecule has 0 rings (SSSR count). The van der Waals surface area contributed by atoms with E-state index in [1.54, 1.807) is 0 Å². The van der Waals surface area contributed by atoms with Crippen molar-refractivity contribution in [2.75, 3.05) is 6.54 Å². The van der Waals surface area contributed by atoms with E-state index in [0.29, 0.717) is 19.4 Å². The van der Waals surface area contributed by atoms with Gasteiger partial charge in [0.2, 0.25) is 5.91 Å². The Morgan fingerprint density at radius 2 is 2.38 bits per heavy atom. The number of nitrogens with zero attached hydrogens (tertiary/aromatic N) is 1. The van der Waals surface area contributed by atoms with Crippen LogP contribution in [0.25, 0.3) is 0 Å². The fourth-order valence-electron chi connectivity index (χ4n) is 0.924. The van der Waals surface area contributed by atoms with E-state index in [-0.39, 0.29) is 5.91 Å². The lowest BCUT2D eigenvalue weighted by Crippen LogP contribution is -2.30. The molecular weight excluding hydrogens is 164 g/mol. The van der Waals surface area contributed by atoms with Gasteiger partial charge in [0.05, 0.1) is 6.07 Å². The normalized spacial score (nSPS) is 11.0. The summed E-state index contributed by atoms with van der Waals surface area (Å²) in [4.78, 5) is 11.2. The Bertz CT molecular complexity index is 234. The van der Waals surface area contributed by atoms with Crippen molar-refractivity contribution in [2.45, 2.75) is 26.2 Å². The molecule has 3 nitrogen and oxygen atoms in total. The van der Waals surface area contributed by atoms with Crippen molar-refractivity contribution in [2.24, 2.45) is 5.92 Å². The van der Waals surface area contributed by atoms with Crippen molar-refractivity contribution >= 4 is 5.91 Å². The van der Waals surface area contributed by atoms with E-state index in [0.717, 1.165) is 6.42 Å². The molecule has 0 aromatic carbocycles. The van der Waals surface area contributed by atoms with E-state index < -0.39 is 5.92 Å². The number of rotatable bonds is 5. The van der Waals surface area contributed by atoms with Crippen molar-refractivity contribution in [3.8, 4) is 18.4 Å². The van der Waals surface area contributed by atoms with Gasteiger partial charge in [0.25, 0.3) is 0 Å². The molecule has 1 atom stereocenters. The lowest BCUT2D eigenvalue weighted by Gasteiger charge is -2.07. The third-order valence-electron chi connectivity index (χ3n) is 1.62. The predicted octanol–water partition coefficient (Wildman–Crippen LogP) is 1.07. The minimum Gasteiger partial charge on any atom is -0.354 e. The van der Waals surface area contributed by atoms with Gasteiger partial charge in [0.1, 0.15) is 5.92 Å². The Kier molecular flexibility index (Phi) is 6.37. The van der Waals surface area contributed by atoms with Crippen LogP contribution < -0.4 is 5.32 Å². The molecular formula is C10H14N2O. The van der Waals surface area contributed by atoms with E-state index in [9.17, 15) is 4.79 Å². The molecule has 0 aromatic rings. The first-order chi connectivity index (χ1) is 6.26. The maximum Gasteiger partial charge on any atom is 0.237 e. The van der Waals surface area contributed by atoms with Gasteiger partial charge in [-0.2, -0.15) is 5.26 Å². The molecule has 3 heteroatoms. The molecule has 0 aliphatic rings. The number of hydrogen-bond acceptors (Lipinski definition) is 2. The van der Waals surface area contributed by atoms with E-state index in [2.05, 4.69) is 11.2 Å². The number of nitriles is 1. The van der Waals surface area contributed by atoms with E-state index >= 15 is 0 Å². The van der Waals surface area contributed by atoms with Gasteiger partial charge >= 0.3 is 0 Å². The Morgan fingerprint density at radius 1 is 1.69 bits per heavy atom. The summed E-state index contributed by atoms with van der Waals surface area (Å²) in [5.74, 6) is 1.68. The van der Waals surface area contributed by atoms with E-state index in [1.165, 1.54) is 0 Å². The van der Waals surface area contributed by atoms with E-state index in [1.807, 2.05) is 13.0 Å². The fourth-order valence-corrected chi connectivity index (χ4v) is 0.924. The highest BCUT2D eigenvalue weighted by atomic mass is 16.1. The number of carbonyl (C=O) groups is 1. The van der Waals surface area contributed by atoms with Gasteiger partial charge in [-0.3, -0.25) is 4.79 Å². The number of terminal acetylenes is 1. The Balaban J connectivity index is 3.81. The third-order valence-corrected chi connectivity index (χ3v) is 1.62. The Hall–Kier alpha value is -1.48. The highest BCUT2D eigenvalue weighted by Crippen LogP contribution is 2.04. The molecule has 0 heterocycles. The smallest absolute Gasteiger partial charge is 0.237 e. The van der Waals surface area contributed by atoms with Crippen LogP contribution in [0.2, 0.25) is 0 Å². The number of nitrogens with one attached hydrogen (secondary N) is 1. The average Bonchev–Trinajstić information content (AvgIpc) is 2.14. The second-order valence-corrected chi connectivity index (χ2v) is 2.72. The van der Waals surface area contributed by atoms with Crippen molar-refractivity contribution in [1.29, 1.82) is 5.26 Å². The number of amides is 1. The van der Waals surface area contributed by atoms with Crippen LogP contribution in [0.15, 0.2) is 0 Å². The van der Waals surface area contributed by atoms with Gasteiger partial charge in [0, 0.05) is 13.0 Å². The molecule has 1 N–H and O–H groups in total. The second kappa shape index (κ2) is 7.18. The third kappa shape index (κ3) is 4.87. The molecule has 0 bridgehead atoms. The molecule has 1 unspecified atom stereocenters. The first kappa shape index (κ1) is 11.5. The van der Waals surface area contributed by atoms with Gasteiger partial charge in [-0.15, -0.1) is 12.3 Å². The second-order valence-electron chi connectivity index (χ2n) is 2.72. The van der Waals surface area contributed by atoms with Crippen LogP contribution in [0.3, 0.4) is 0 Å². The van der Waals surface area contributed by atoms with Gasteiger partial charge in [-0.05, 0) is 6.42 Å². The SMILES string of the molecule is C#CCCNC(=O)C(C#N)CCC. The van der Waals surface area contributed by atoms with Crippen molar-refractivity contribution in [3.63, 3.8) is 0 Å². The summed E-state index contributed by atoms with van der Waals surface area (Å²) in [5.41, 5.74) is 0. The summed E-state index contributed by atoms with van der Waals surface area (Å²) in [6, 6.07) is 1.97. The number of carbonyl (C=O) groups excluding carboxylic acids is 1. The summed E-state index contributed by atoms with van der Waals surface area (Å²) in [6.45, 7) is 2.40. The predicted molar refractivity (Wildman–Crippen MR) is 50.5 cm³/mol. The van der Waals surface area contributed by atoms with Crippen LogP contribution in [0.5, 0.6) is 0 Å². The topological polar surface area (TPSA) is 52.9 Å². The van der Waals surface area contributed by atoms with Crippen LogP contribution in [0.4, 0.5) is 0 Å². The van der Waals surface area contributed by atoms with Gasteiger partial charge in [-0.1, -0.05) is 13.3 Å². The summed E-state index contributed by atoms with van der Waals surface area (Å²) in [7, 11) is 0. The molecule has 0 saturated carbocycles. The van der Waals surface area contributed by atoms with Crippen LogP contribution in [0, 0.1) is 29.6 Å². The zero-order valence-corrected chi connectivity index (χ0v) is 7.84. The van der Waals surface area contributed by atoms with Crippen molar-refractivity contribution in [1.82, 2.24) is 5.32 Å². The van der Waals surface area contributed by atoms with Gasteiger partial charge < -0.3 is 5.32 Å². The van der Waals surface area contributed by atoms with Crippen LogP contribution in [-0.2, 0) is 4.79 Å². The standard InChI is InChI=1S/C10H14N2O/c1-3-5-7-12-10(13)9(8-11)6-4-2/h1,9H,4-7H2,2H3,(H,12,13). The summed E-state index contributed by atoms with van der Waals surface area (Å²) >= 11 is 0.